The quantitative estimate of drug-likeness (QED) is 0.883. The van der Waals surface area contributed by atoms with E-state index in [0.29, 0.717) is 4.88 Å². The zero-order valence-corrected chi connectivity index (χ0v) is 11.0. The van der Waals surface area contributed by atoms with Crippen molar-refractivity contribution in [1.29, 1.82) is 0 Å². The molecule has 4 nitrogen and oxygen atoms in total. The van der Waals surface area contributed by atoms with Crippen LogP contribution >= 0.6 is 27.3 Å². The molecule has 0 aliphatic carbocycles. The number of hydrogen-bond acceptors (Lipinski definition) is 4. The van der Waals surface area contributed by atoms with E-state index in [-0.39, 0.29) is 5.78 Å². The number of halogens is 1. The van der Waals surface area contributed by atoms with Crippen LogP contribution in [0.3, 0.4) is 0 Å². The first-order chi connectivity index (χ1) is 7.59. The summed E-state index contributed by atoms with van der Waals surface area (Å²) in [5, 5.41) is 5.85. The van der Waals surface area contributed by atoms with Gasteiger partial charge in [-0.25, -0.2) is 0 Å². The number of nitrogens with zero attached hydrogens (tertiary/aromatic N) is 2. The molecule has 0 bridgehead atoms. The van der Waals surface area contributed by atoms with Gasteiger partial charge in [-0.2, -0.15) is 5.10 Å². The van der Waals surface area contributed by atoms with E-state index in [1.807, 2.05) is 11.4 Å². The van der Waals surface area contributed by atoms with Crippen molar-refractivity contribution in [3.05, 3.63) is 38.8 Å². The highest BCUT2D eigenvalue weighted by molar-refractivity contribution is 9.10. The van der Waals surface area contributed by atoms with Crippen LogP contribution in [0.5, 0.6) is 0 Å². The molecule has 0 amide bonds. The second-order valence-electron chi connectivity index (χ2n) is 3.39. The third-order valence-corrected chi connectivity index (χ3v) is 4.06. The molecule has 2 aromatic rings. The molecule has 0 fully saturated rings. The maximum absolute atomic E-state index is 12.1. The number of carbonyl (C=O) groups excluding carboxylic acids is 1. The smallest absolute Gasteiger partial charge is 0.195 e. The molecule has 0 spiro atoms. The van der Waals surface area contributed by atoms with Crippen molar-refractivity contribution in [3.63, 3.8) is 0 Å². The minimum Gasteiger partial charge on any atom is -0.317 e. The Morgan fingerprint density at radius 2 is 2.44 bits per heavy atom. The highest BCUT2D eigenvalue weighted by Crippen LogP contribution is 2.27. The summed E-state index contributed by atoms with van der Waals surface area (Å²) in [6, 6.07) is 1.19. The molecule has 2 aromatic heterocycles. The second-order valence-corrected chi connectivity index (χ2v) is 5.16. The number of nitrogens with two attached hydrogens (primary N) is 1. The van der Waals surface area contributed by atoms with E-state index < -0.39 is 6.04 Å². The molecule has 0 radical (unpaired) electrons. The summed E-state index contributed by atoms with van der Waals surface area (Å²) in [6.07, 6.45) is 3.37. The van der Waals surface area contributed by atoms with E-state index >= 15 is 0 Å². The molecule has 2 N–H and O–H groups in total. The molecule has 0 aliphatic rings. The van der Waals surface area contributed by atoms with Crippen molar-refractivity contribution in [2.24, 2.45) is 12.8 Å². The summed E-state index contributed by atoms with van der Waals surface area (Å²) in [5.74, 6) is -0.0881. The molecule has 0 aliphatic heterocycles. The number of ketones is 1. The first kappa shape index (κ1) is 11.5. The number of Topliss-reactive ketones (excluding diaryl/α,β-unsaturated/α-hetero) is 1. The summed E-state index contributed by atoms with van der Waals surface area (Å²) in [6.45, 7) is 0. The third kappa shape index (κ3) is 2.09. The fourth-order valence-electron chi connectivity index (χ4n) is 1.36. The molecule has 0 saturated carbocycles. The SMILES string of the molecule is Cn1cc(C(N)C(=O)c2sccc2Br)cn1. The summed E-state index contributed by atoms with van der Waals surface area (Å²) >= 11 is 4.71. The number of aromatic nitrogens is 2. The number of thiophene rings is 1. The van der Waals surface area contributed by atoms with Crippen LogP contribution in [-0.2, 0) is 7.05 Å². The lowest BCUT2D eigenvalue weighted by Gasteiger charge is -2.06. The Morgan fingerprint density at radius 1 is 1.69 bits per heavy atom. The molecular formula is C10H10BrN3OS. The highest BCUT2D eigenvalue weighted by atomic mass is 79.9. The molecule has 1 unspecified atom stereocenters. The van der Waals surface area contributed by atoms with E-state index in [4.69, 9.17) is 5.73 Å². The van der Waals surface area contributed by atoms with Crippen molar-refractivity contribution in [1.82, 2.24) is 9.78 Å². The first-order valence-electron chi connectivity index (χ1n) is 4.61. The van der Waals surface area contributed by atoms with Gasteiger partial charge in [0.2, 0.25) is 0 Å². The summed E-state index contributed by atoms with van der Waals surface area (Å²) in [4.78, 5) is 12.7. The van der Waals surface area contributed by atoms with Gasteiger partial charge >= 0.3 is 0 Å². The lowest BCUT2D eigenvalue weighted by molar-refractivity contribution is 0.0964. The molecule has 1 atom stereocenters. The highest BCUT2D eigenvalue weighted by Gasteiger charge is 2.21. The third-order valence-electron chi connectivity index (χ3n) is 2.21. The number of hydrogen-bond donors (Lipinski definition) is 1. The van der Waals surface area contributed by atoms with Crippen molar-refractivity contribution in [2.75, 3.05) is 0 Å². The van der Waals surface area contributed by atoms with Gasteiger partial charge in [-0.15, -0.1) is 11.3 Å². The molecular weight excluding hydrogens is 290 g/mol. The molecule has 16 heavy (non-hydrogen) atoms. The average molecular weight is 300 g/mol. The molecule has 0 aromatic carbocycles. The van der Waals surface area contributed by atoms with Crippen LogP contribution in [0.15, 0.2) is 28.3 Å². The van der Waals surface area contributed by atoms with E-state index in [0.717, 1.165) is 10.0 Å². The van der Waals surface area contributed by atoms with Gasteiger partial charge in [0.25, 0.3) is 0 Å². The van der Waals surface area contributed by atoms with Gasteiger partial charge in [-0.3, -0.25) is 9.48 Å². The van der Waals surface area contributed by atoms with E-state index in [2.05, 4.69) is 21.0 Å². The molecule has 84 valence electrons. The van der Waals surface area contributed by atoms with E-state index in [1.165, 1.54) is 11.3 Å². The summed E-state index contributed by atoms with van der Waals surface area (Å²) in [5.41, 5.74) is 6.62. The monoisotopic (exact) mass is 299 g/mol. The van der Waals surface area contributed by atoms with Crippen LogP contribution in [0.25, 0.3) is 0 Å². The molecule has 0 saturated heterocycles. The minimum atomic E-state index is -0.649. The van der Waals surface area contributed by atoms with Gasteiger partial charge in [0, 0.05) is 23.3 Å². The fourth-order valence-corrected chi connectivity index (χ4v) is 2.91. The number of aryl methyl sites for hydroxylation is 1. The summed E-state index contributed by atoms with van der Waals surface area (Å²) in [7, 11) is 1.79. The zero-order valence-electron chi connectivity index (χ0n) is 8.55. The van der Waals surface area contributed by atoms with Crippen molar-refractivity contribution < 1.29 is 4.79 Å². The Bertz CT molecular complexity index is 520. The Balaban J connectivity index is 2.26. The van der Waals surface area contributed by atoms with Gasteiger partial charge in [0.1, 0.15) is 0 Å². The Kier molecular flexibility index (Phi) is 3.22. The topological polar surface area (TPSA) is 60.9 Å². The van der Waals surface area contributed by atoms with Gasteiger partial charge in [-0.05, 0) is 27.4 Å². The minimum absolute atomic E-state index is 0.0881. The lowest BCUT2D eigenvalue weighted by Crippen LogP contribution is -2.20. The van der Waals surface area contributed by atoms with Crippen LogP contribution in [0.4, 0.5) is 0 Å². The Morgan fingerprint density at radius 3 is 2.94 bits per heavy atom. The maximum Gasteiger partial charge on any atom is 0.195 e. The maximum atomic E-state index is 12.1. The van der Waals surface area contributed by atoms with Gasteiger partial charge in [-0.1, -0.05) is 0 Å². The van der Waals surface area contributed by atoms with Crippen LogP contribution < -0.4 is 5.73 Å². The van der Waals surface area contributed by atoms with Gasteiger partial charge < -0.3 is 5.73 Å². The van der Waals surface area contributed by atoms with Crippen LogP contribution in [0, 0.1) is 0 Å². The molecule has 2 heterocycles. The second kappa shape index (κ2) is 4.48. The standard InChI is InChI=1S/C10H10BrN3OS/c1-14-5-6(4-13-14)8(12)9(15)10-7(11)2-3-16-10/h2-5,8H,12H2,1H3. The van der Waals surface area contributed by atoms with Crippen LogP contribution in [0.1, 0.15) is 21.3 Å². The van der Waals surface area contributed by atoms with Crippen molar-refractivity contribution in [2.45, 2.75) is 6.04 Å². The van der Waals surface area contributed by atoms with Crippen molar-refractivity contribution >= 4 is 33.0 Å². The van der Waals surface area contributed by atoms with Gasteiger partial charge in [0.05, 0.1) is 17.1 Å². The average Bonchev–Trinajstić information content (AvgIpc) is 2.85. The number of rotatable bonds is 3. The molecule has 2 rings (SSSR count). The Hall–Kier alpha value is -0.980. The lowest BCUT2D eigenvalue weighted by atomic mass is 10.1. The van der Waals surface area contributed by atoms with E-state index in [9.17, 15) is 4.79 Å². The predicted octanol–water partition coefficient (Wildman–Crippen LogP) is 2.13. The number of carbonyl (C=O) groups is 1. The molecule has 6 heteroatoms. The van der Waals surface area contributed by atoms with Crippen molar-refractivity contribution in [3.8, 4) is 0 Å². The fraction of sp³-hybridized carbons (Fsp3) is 0.200. The zero-order chi connectivity index (χ0) is 11.7. The van der Waals surface area contributed by atoms with Crippen LogP contribution in [0.2, 0.25) is 0 Å². The Labute approximate surface area is 105 Å². The normalized spacial score (nSPS) is 12.7. The first-order valence-corrected chi connectivity index (χ1v) is 6.28. The van der Waals surface area contributed by atoms with Crippen LogP contribution in [-0.4, -0.2) is 15.6 Å². The van der Waals surface area contributed by atoms with E-state index in [1.54, 1.807) is 24.1 Å². The largest absolute Gasteiger partial charge is 0.317 e. The predicted molar refractivity (Wildman–Crippen MR) is 66.5 cm³/mol. The summed E-state index contributed by atoms with van der Waals surface area (Å²) < 4.78 is 2.42. The van der Waals surface area contributed by atoms with Gasteiger partial charge in [0.15, 0.2) is 5.78 Å².